The van der Waals surface area contributed by atoms with Crippen molar-refractivity contribution in [2.45, 2.75) is 175 Å². The molecule has 0 aliphatic carbocycles. The molecule has 13 heteroatoms. The van der Waals surface area contributed by atoms with E-state index in [1.807, 2.05) is 0 Å². The van der Waals surface area contributed by atoms with Gasteiger partial charge >= 0.3 is 23.9 Å². The lowest BCUT2D eigenvalue weighted by atomic mass is 10.1. The number of nitrogens with one attached hydrogen (secondary N) is 4. The molecule has 1 fully saturated rings. The van der Waals surface area contributed by atoms with Gasteiger partial charge < -0.3 is 40.4 Å². The Morgan fingerprint density at radius 3 is 1.78 bits per heavy atom. The minimum Gasteiger partial charge on any atom is -0.461 e. The Morgan fingerprint density at radius 2 is 1.22 bits per heavy atom. The van der Waals surface area contributed by atoms with Gasteiger partial charge in [0.15, 0.2) is 0 Å². The number of hydrogen-bond donors (Lipinski definition) is 4. The van der Waals surface area contributed by atoms with Crippen LogP contribution in [0.5, 0.6) is 0 Å². The SMILES string of the molecule is CC(C)OC(=O)[C@H](CCC(=O)OC(C)(C)C)NC(=O)N[C@@H](CCCCNC(=O)CCCCCCCCCCN1CCNCC1)C(=O)OC(C)(C)C. The van der Waals surface area contributed by atoms with E-state index in [0.29, 0.717) is 25.8 Å². The fraction of sp³-hybridized carbons (Fsp3) is 0.868. The highest BCUT2D eigenvalue weighted by Crippen LogP contribution is 2.14. The van der Waals surface area contributed by atoms with Crippen molar-refractivity contribution in [3.8, 4) is 0 Å². The van der Waals surface area contributed by atoms with Crippen LogP contribution in [-0.2, 0) is 33.4 Å². The third kappa shape index (κ3) is 25.6. The van der Waals surface area contributed by atoms with E-state index >= 15 is 0 Å². The average molecular weight is 726 g/mol. The molecule has 0 spiro atoms. The summed E-state index contributed by atoms with van der Waals surface area (Å²) in [6.07, 6.45) is 10.7. The van der Waals surface area contributed by atoms with Crippen molar-refractivity contribution in [2.75, 3.05) is 39.3 Å². The first-order chi connectivity index (χ1) is 23.9. The topological polar surface area (TPSA) is 164 Å². The maximum atomic E-state index is 13.0. The molecule has 296 valence electrons. The lowest BCUT2D eigenvalue weighted by Crippen LogP contribution is -2.52. The minimum absolute atomic E-state index is 0.0230. The first-order valence-corrected chi connectivity index (χ1v) is 19.4. The van der Waals surface area contributed by atoms with Crippen LogP contribution < -0.4 is 21.3 Å². The van der Waals surface area contributed by atoms with Crippen molar-refractivity contribution in [1.82, 2.24) is 26.2 Å². The molecule has 2 atom stereocenters. The van der Waals surface area contributed by atoms with Gasteiger partial charge in [-0.15, -0.1) is 0 Å². The number of rotatable bonds is 24. The smallest absolute Gasteiger partial charge is 0.329 e. The van der Waals surface area contributed by atoms with Crippen LogP contribution in [-0.4, -0.2) is 103 Å². The number of amides is 3. The summed E-state index contributed by atoms with van der Waals surface area (Å²) >= 11 is 0. The summed E-state index contributed by atoms with van der Waals surface area (Å²) in [7, 11) is 0. The number of nitrogens with zero attached hydrogens (tertiary/aromatic N) is 1. The quantitative estimate of drug-likeness (QED) is 0.0595. The molecule has 4 N–H and O–H groups in total. The summed E-state index contributed by atoms with van der Waals surface area (Å²) in [5, 5.41) is 11.5. The van der Waals surface area contributed by atoms with Crippen LogP contribution in [0.1, 0.15) is 145 Å². The normalized spacial score (nSPS) is 15.1. The van der Waals surface area contributed by atoms with Crippen LogP contribution in [0, 0.1) is 0 Å². The highest BCUT2D eigenvalue weighted by Gasteiger charge is 2.30. The summed E-state index contributed by atoms with van der Waals surface area (Å²) < 4.78 is 16.2. The van der Waals surface area contributed by atoms with Gasteiger partial charge in [0.05, 0.1) is 6.10 Å². The summed E-state index contributed by atoms with van der Waals surface area (Å²) in [6.45, 7) is 20.0. The largest absolute Gasteiger partial charge is 0.461 e. The molecule has 0 aromatic rings. The van der Waals surface area contributed by atoms with Gasteiger partial charge in [0.25, 0.3) is 0 Å². The van der Waals surface area contributed by atoms with Gasteiger partial charge in [0, 0.05) is 45.6 Å². The first-order valence-electron chi connectivity index (χ1n) is 19.4. The van der Waals surface area contributed by atoms with Crippen LogP contribution in [0.3, 0.4) is 0 Å². The van der Waals surface area contributed by atoms with Crippen LogP contribution in [0.15, 0.2) is 0 Å². The van der Waals surface area contributed by atoms with Gasteiger partial charge in [0.1, 0.15) is 23.3 Å². The standard InChI is InChI=1S/C38H71N5O8/c1-29(2)49-34(46)31(21-22-33(45)50-37(3,4)5)42-36(48)41-30(35(47)51-38(6,7)8)19-16-17-23-40-32(44)20-15-13-11-9-10-12-14-18-26-43-27-24-39-25-28-43/h29-31,39H,9-28H2,1-8H3,(H,40,44)(H2,41,42,48)/t30-,31-/m0/s1. The summed E-state index contributed by atoms with van der Waals surface area (Å²) in [5.41, 5.74) is -1.47. The number of carbonyl (C=O) groups is 5. The Balaban J connectivity index is 2.42. The van der Waals surface area contributed by atoms with E-state index in [1.165, 1.54) is 51.7 Å². The van der Waals surface area contributed by atoms with E-state index in [0.717, 1.165) is 32.4 Å². The third-order valence-corrected chi connectivity index (χ3v) is 8.08. The van der Waals surface area contributed by atoms with Crippen molar-refractivity contribution in [2.24, 2.45) is 0 Å². The molecule has 0 bridgehead atoms. The lowest BCUT2D eigenvalue weighted by molar-refractivity contribution is -0.157. The van der Waals surface area contributed by atoms with Crippen LogP contribution in [0.4, 0.5) is 4.79 Å². The second kappa shape index (κ2) is 25.1. The van der Waals surface area contributed by atoms with Gasteiger partial charge in [0.2, 0.25) is 5.91 Å². The van der Waals surface area contributed by atoms with E-state index in [1.54, 1.807) is 55.4 Å². The third-order valence-electron chi connectivity index (χ3n) is 8.08. The fourth-order valence-electron chi connectivity index (χ4n) is 5.60. The molecule has 0 saturated carbocycles. The zero-order valence-corrected chi connectivity index (χ0v) is 33.1. The second-order valence-corrected chi connectivity index (χ2v) is 15.9. The molecule has 1 aliphatic heterocycles. The number of esters is 3. The highest BCUT2D eigenvalue weighted by molar-refractivity contribution is 5.87. The molecule has 0 aromatic carbocycles. The molecular weight excluding hydrogens is 654 g/mol. The summed E-state index contributed by atoms with van der Waals surface area (Å²) in [5.74, 6) is -1.79. The minimum atomic E-state index is -1.13. The molecule has 13 nitrogen and oxygen atoms in total. The van der Waals surface area contributed by atoms with E-state index in [9.17, 15) is 24.0 Å². The lowest BCUT2D eigenvalue weighted by Gasteiger charge is -2.27. The number of urea groups is 1. The molecule has 3 amide bonds. The number of carbonyl (C=O) groups excluding carboxylic acids is 5. The zero-order valence-electron chi connectivity index (χ0n) is 33.1. The predicted molar refractivity (Wildman–Crippen MR) is 199 cm³/mol. The van der Waals surface area contributed by atoms with Gasteiger partial charge in [-0.3, -0.25) is 9.59 Å². The molecule has 0 unspecified atom stereocenters. The molecule has 0 aromatic heterocycles. The van der Waals surface area contributed by atoms with Crippen LogP contribution in [0.25, 0.3) is 0 Å². The monoisotopic (exact) mass is 726 g/mol. The number of piperazine rings is 1. The highest BCUT2D eigenvalue weighted by atomic mass is 16.6. The second-order valence-electron chi connectivity index (χ2n) is 15.9. The molecule has 1 rings (SSSR count). The van der Waals surface area contributed by atoms with Crippen molar-refractivity contribution >= 4 is 29.8 Å². The molecule has 1 heterocycles. The number of ether oxygens (including phenoxy) is 3. The van der Waals surface area contributed by atoms with Crippen molar-refractivity contribution in [3.05, 3.63) is 0 Å². The number of unbranched alkanes of at least 4 members (excludes halogenated alkanes) is 8. The Labute approximate surface area is 307 Å². The Morgan fingerprint density at radius 1 is 0.667 bits per heavy atom. The van der Waals surface area contributed by atoms with Gasteiger partial charge in [-0.25, -0.2) is 14.4 Å². The van der Waals surface area contributed by atoms with Crippen LogP contribution >= 0.6 is 0 Å². The summed E-state index contributed by atoms with van der Waals surface area (Å²) in [4.78, 5) is 66.0. The van der Waals surface area contributed by atoms with Crippen LogP contribution in [0.2, 0.25) is 0 Å². The van der Waals surface area contributed by atoms with E-state index < -0.39 is 53.3 Å². The van der Waals surface area contributed by atoms with E-state index in [-0.39, 0.29) is 25.2 Å². The summed E-state index contributed by atoms with van der Waals surface area (Å²) in [6, 6.07) is -2.88. The van der Waals surface area contributed by atoms with Gasteiger partial charge in [-0.05, 0) is 100 Å². The Kier molecular flexibility index (Phi) is 22.7. The van der Waals surface area contributed by atoms with Gasteiger partial charge in [-0.1, -0.05) is 38.5 Å². The Bertz CT molecular complexity index is 1030. The zero-order chi connectivity index (χ0) is 38.3. The maximum absolute atomic E-state index is 13.0. The molecule has 1 aliphatic rings. The Hall–Kier alpha value is -2.93. The van der Waals surface area contributed by atoms with E-state index in [2.05, 4.69) is 26.2 Å². The maximum Gasteiger partial charge on any atom is 0.329 e. The van der Waals surface area contributed by atoms with Crippen molar-refractivity contribution in [1.29, 1.82) is 0 Å². The number of hydrogen-bond acceptors (Lipinski definition) is 10. The molecule has 1 saturated heterocycles. The average Bonchev–Trinajstić information content (AvgIpc) is 3.01. The molecular formula is C38H71N5O8. The van der Waals surface area contributed by atoms with Gasteiger partial charge in [-0.2, -0.15) is 0 Å². The fourth-order valence-corrected chi connectivity index (χ4v) is 5.60. The molecule has 51 heavy (non-hydrogen) atoms. The molecule has 0 radical (unpaired) electrons. The van der Waals surface area contributed by atoms with Crippen molar-refractivity contribution in [3.63, 3.8) is 0 Å². The van der Waals surface area contributed by atoms with E-state index in [4.69, 9.17) is 14.2 Å². The predicted octanol–water partition coefficient (Wildman–Crippen LogP) is 5.14. The first kappa shape index (κ1) is 46.1. The van der Waals surface area contributed by atoms with Crippen molar-refractivity contribution < 1.29 is 38.2 Å².